The molecule has 1 fully saturated rings. The fourth-order valence-corrected chi connectivity index (χ4v) is 5.12. The first kappa shape index (κ1) is 23.8. The summed E-state index contributed by atoms with van der Waals surface area (Å²) < 4.78 is 5.63. The van der Waals surface area contributed by atoms with Crippen LogP contribution in [-0.4, -0.2) is 54.2 Å². The third-order valence-corrected chi connectivity index (χ3v) is 7.22. The van der Waals surface area contributed by atoms with Crippen molar-refractivity contribution in [1.82, 2.24) is 10.2 Å². The molecule has 0 radical (unpaired) electrons. The Labute approximate surface area is 200 Å². The zero-order chi connectivity index (χ0) is 24.1. The van der Waals surface area contributed by atoms with Crippen molar-refractivity contribution < 1.29 is 24.2 Å². The number of amides is 2. The molecule has 0 unspecified atom stereocenters. The predicted molar refractivity (Wildman–Crippen MR) is 128 cm³/mol. The minimum Gasteiger partial charge on any atom is -0.481 e. The summed E-state index contributed by atoms with van der Waals surface area (Å²) in [5, 5.41) is 11.8. The zero-order valence-corrected chi connectivity index (χ0v) is 19.6. The number of ether oxygens (including phenoxy) is 1. The van der Waals surface area contributed by atoms with Crippen LogP contribution in [0.3, 0.4) is 0 Å². The normalized spacial score (nSPS) is 15.6. The zero-order valence-electron chi connectivity index (χ0n) is 19.6. The Balaban J connectivity index is 1.31. The number of fused-ring (bicyclic) bond motifs is 3. The van der Waals surface area contributed by atoms with E-state index in [1.54, 1.807) is 4.90 Å². The van der Waals surface area contributed by atoms with E-state index in [-0.39, 0.29) is 36.8 Å². The van der Waals surface area contributed by atoms with Crippen LogP contribution in [0.4, 0.5) is 4.79 Å². The van der Waals surface area contributed by atoms with Crippen LogP contribution in [0.25, 0.3) is 11.1 Å². The number of carbonyl (C=O) groups is 3. The molecule has 0 spiro atoms. The molecule has 2 aliphatic rings. The van der Waals surface area contributed by atoms with E-state index in [9.17, 15) is 14.4 Å². The second kappa shape index (κ2) is 10.3. The standard InChI is InChI=1S/C27H32N2O5/c1-2-29(15-12-25(31)32)24(30)16-27(13-7-14-27)18-28-26(33)34-17-23-21-10-5-3-8-19(21)20-9-4-6-11-22(20)23/h3-6,8-11,23H,2,7,12-18H2,1H3,(H,28,33)(H,31,32). The van der Waals surface area contributed by atoms with Gasteiger partial charge in [-0.25, -0.2) is 4.79 Å². The smallest absolute Gasteiger partial charge is 0.407 e. The van der Waals surface area contributed by atoms with E-state index in [1.807, 2.05) is 31.2 Å². The van der Waals surface area contributed by atoms with Gasteiger partial charge in [-0.1, -0.05) is 55.0 Å². The molecule has 0 aromatic heterocycles. The van der Waals surface area contributed by atoms with Crippen molar-refractivity contribution in [3.8, 4) is 11.1 Å². The lowest BCUT2D eigenvalue weighted by atomic mass is 9.66. The number of rotatable bonds is 10. The molecule has 7 nitrogen and oxygen atoms in total. The van der Waals surface area contributed by atoms with E-state index < -0.39 is 12.1 Å². The summed E-state index contributed by atoms with van der Waals surface area (Å²) in [5.41, 5.74) is 4.42. The van der Waals surface area contributed by atoms with Crippen LogP contribution in [0.2, 0.25) is 0 Å². The molecule has 0 aliphatic heterocycles. The molecule has 2 aliphatic carbocycles. The number of benzene rings is 2. The molecule has 7 heteroatoms. The first-order chi connectivity index (χ1) is 16.4. The van der Waals surface area contributed by atoms with Crippen molar-refractivity contribution in [2.45, 2.75) is 44.9 Å². The number of carboxylic acid groups (broad SMARTS) is 1. The van der Waals surface area contributed by atoms with Crippen molar-refractivity contribution in [1.29, 1.82) is 0 Å². The Hall–Kier alpha value is -3.35. The van der Waals surface area contributed by atoms with E-state index in [2.05, 4.69) is 29.6 Å². The first-order valence-electron chi connectivity index (χ1n) is 12.0. The van der Waals surface area contributed by atoms with Gasteiger partial charge >= 0.3 is 12.1 Å². The highest BCUT2D eigenvalue weighted by molar-refractivity contribution is 5.79. The second-order valence-electron chi connectivity index (χ2n) is 9.33. The van der Waals surface area contributed by atoms with Crippen molar-refractivity contribution in [3.05, 3.63) is 59.7 Å². The molecule has 2 amide bonds. The number of aliphatic carboxylic acids is 1. The molecule has 1 saturated carbocycles. The molecule has 4 rings (SSSR count). The topological polar surface area (TPSA) is 95.9 Å². The van der Waals surface area contributed by atoms with Crippen LogP contribution in [0, 0.1) is 5.41 Å². The third kappa shape index (κ3) is 5.08. The van der Waals surface area contributed by atoms with Crippen LogP contribution in [-0.2, 0) is 14.3 Å². The number of hydrogen-bond donors (Lipinski definition) is 2. The van der Waals surface area contributed by atoms with Crippen LogP contribution < -0.4 is 5.32 Å². The van der Waals surface area contributed by atoms with Gasteiger partial charge in [0.15, 0.2) is 0 Å². The molecule has 0 heterocycles. The van der Waals surface area contributed by atoms with Crippen LogP contribution in [0.15, 0.2) is 48.5 Å². The maximum atomic E-state index is 12.8. The van der Waals surface area contributed by atoms with Gasteiger partial charge in [-0.15, -0.1) is 0 Å². The Morgan fingerprint density at radius 3 is 2.21 bits per heavy atom. The largest absolute Gasteiger partial charge is 0.481 e. The van der Waals surface area contributed by atoms with Crippen LogP contribution >= 0.6 is 0 Å². The van der Waals surface area contributed by atoms with Gasteiger partial charge in [0.2, 0.25) is 5.91 Å². The van der Waals surface area contributed by atoms with Crippen molar-refractivity contribution in [2.75, 3.05) is 26.2 Å². The lowest BCUT2D eigenvalue weighted by Crippen LogP contribution is -2.46. The van der Waals surface area contributed by atoms with E-state index in [0.29, 0.717) is 19.5 Å². The summed E-state index contributed by atoms with van der Waals surface area (Å²) in [6, 6.07) is 16.4. The SMILES string of the molecule is CCN(CCC(=O)O)C(=O)CC1(CNC(=O)OCC2c3ccccc3-c3ccccc32)CCC1. The lowest BCUT2D eigenvalue weighted by molar-refractivity contribution is -0.139. The van der Waals surface area contributed by atoms with Gasteiger partial charge in [-0.3, -0.25) is 9.59 Å². The van der Waals surface area contributed by atoms with Gasteiger partial charge in [0.05, 0.1) is 6.42 Å². The third-order valence-electron chi connectivity index (χ3n) is 7.22. The number of carboxylic acids is 1. The second-order valence-corrected chi connectivity index (χ2v) is 9.33. The molecule has 2 aromatic carbocycles. The maximum absolute atomic E-state index is 12.8. The Morgan fingerprint density at radius 1 is 1.06 bits per heavy atom. The average Bonchev–Trinajstić information content (AvgIpc) is 3.13. The summed E-state index contributed by atoms with van der Waals surface area (Å²) in [7, 11) is 0. The van der Waals surface area contributed by atoms with Gasteiger partial charge in [0, 0.05) is 32.0 Å². The fourth-order valence-electron chi connectivity index (χ4n) is 5.12. The fraction of sp³-hybridized carbons (Fsp3) is 0.444. The molecule has 0 saturated heterocycles. The Kier molecular flexibility index (Phi) is 7.20. The number of nitrogens with zero attached hydrogens (tertiary/aromatic N) is 1. The van der Waals surface area contributed by atoms with Crippen LogP contribution in [0.1, 0.15) is 56.1 Å². The average molecular weight is 465 g/mol. The maximum Gasteiger partial charge on any atom is 0.407 e. The highest BCUT2D eigenvalue weighted by atomic mass is 16.5. The van der Waals surface area contributed by atoms with Gasteiger partial charge in [-0.2, -0.15) is 0 Å². The van der Waals surface area contributed by atoms with Crippen LogP contribution in [0.5, 0.6) is 0 Å². The van der Waals surface area contributed by atoms with Gasteiger partial charge < -0.3 is 20.1 Å². The summed E-state index contributed by atoms with van der Waals surface area (Å²) >= 11 is 0. The first-order valence-corrected chi connectivity index (χ1v) is 12.0. The molecule has 180 valence electrons. The minimum absolute atomic E-state index is 0.00439. The van der Waals surface area contributed by atoms with Crippen molar-refractivity contribution >= 4 is 18.0 Å². The summed E-state index contributed by atoms with van der Waals surface area (Å²) in [5.74, 6) is -0.968. The molecule has 0 bridgehead atoms. The quantitative estimate of drug-likeness (QED) is 0.543. The molecule has 34 heavy (non-hydrogen) atoms. The van der Waals surface area contributed by atoms with Gasteiger partial charge in [0.25, 0.3) is 0 Å². The summed E-state index contributed by atoms with van der Waals surface area (Å²) in [4.78, 5) is 37.8. The van der Waals surface area contributed by atoms with E-state index >= 15 is 0 Å². The number of carbonyl (C=O) groups excluding carboxylic acids is 2. The summed E-state index contributed by atoms with van der Waals surface area (Å²) in [6.45, 7) is 3.17. The number of alkyl carbamates (subject to hydrolysis) is 1. The van der Waals surface area contributed by atoms with Gasteiger partial charge in [-0.05, 0) is 47.4 Å². The lowest BCUT2D eigenvalue weighted by Gasteiger charge is -2.42. The van der Waals surface area contributed by atoms with E-state index in [4.69, 9.17) is 9.84 Å². The van der Waals surface area contributed by atoms with E-state index in [0.717, 1.165) is 19.3 Å². The highest BCUT2D eigenvalue weighted by Gasteiger charge is 2.40. The molecule has 2 aromatic rings. The molecule has 2 N–H and O–H groups in total. The van der Waals surface area contributed by atoms with Gasteiger partial charge in [0.1, 0.15) is 6.61 Å². The van der Waals surface area contributed by atoms with E-state index in [1.165, 1.54) is 22.3 Å². The summed E-state index contributed by atoms with van der Waals surface area (Å²) in [6.07, 6.45) is 2.51. The predicted octanol–water partition coefficient (Wildman–Crippen LogP) is 4.41. The Morgan fingerprint density at radius 2 is 1.68 bits per heavy atom. The number of hydrogen-bond acceptors (Lipinski definition) is 4. The molecular weight excluding hydrogens is 432 g/mol. The monoisotopic (exact) mass is 464 g/mol. The highest BCUT2D eigenvalue weighted by Crippen LogP contribution is 2.45. The van der Waals surface area contributed by atoms with Crippen molar-refractivity contribution in [3.63, 3.8) is 0 Å². The minimum atomic E-state index is -0.915. The molecular formula is C27H32N2O5. The molecule has 0 atom stereocenters. The number of nitrogens with one attached hydrogen (secondary N) is 1. The van der Waals surface area contributed by atoms with Crippen molar-refractivity contribution in [2.24, 2.45) is 5.41 Å². The Bertz CT molecular complexity index is 1020.